The molecule has 20 heavy (non-hydrogen) atoms. The lowest BCUT2D eigenvalue weighted by atomic mass is 10.2. The van der Waals surface area contributed by atoms with Crippen LogP contribution in [-0.4, -0.2) is 50.1 Å². The predicted octanol–water partition coefficient (Wildman–Crippen LogP) is 1.25. The highest BCUT2D eigenvalue weighted by Gasteiger charge is 2.20. The molecule has 1 N–H and O–H groups in total. The number of carbonyl (C=O) groups excluding carboxylic acids is 1. The smallest absolute Gasteiger partial charge is 0.234 e. The Balaban J connectivity index is 1.82. The first-order chi connectivity index (χ1) is 9.70. The molecule has 1 amide bonds. The van der Waals surface area contributed by atoms with E-state index in [1.54, 1.807) is 18.2 Å². The molecule has 0 radical (unpaired) electrons. The number of amides is 1. The van der Waals surface area contributed by atoms with Crippen molar-refractivity contribution < 1.29 is 9.18 Å². The van der Waals surface area contributed by atoms with Crippen molar-refractivity contribution in [2.45, 2.75) is 0 Å². The molecule has 108 valence electrons. The molecule has 4 nitrogen and oxygen atoms in total. The molecule has 0 saturated carbocycles. The van der Waals surface area contributed by atoms with E-state index in [-0.39, 0.29) is 11.7 Å². The molecular formula is C15H20FN3O. The minimum atomic E-state index is -0.190. The van der Waals surface area contributed by atoms with Crippen molar-refractivity contribution in [1.29, 1.82) is 0 Å². The summed E-state index contributed by atoms with van der Waals surface area (Å²) in [5.41, 5.74) is 0.642. The molecule has 5 heteroatoms. The topological polar surface area (TPSA) is 35.6 Å². The van der Waals surface area contributed by atoms with Gasteiger partial charge >= 0.3 is 0 Å². The van der Waals surface area contributed by atoms with Gasteiger partial charge in [0.2, 0.25) is 5.91 Å². The maximum atomic E-state index is 13.7. The van der Waals surface area contributed by atoms with Crippen LogP contribution < -0.4 is 10.2 Å². The molecule has 2 rings (SSSR count). The van der Waals surface area contributed by atoms with Crippen molar-refractivity contribution in [3.8, 4) is 0 Å². The molecule has 0 bridgehead atoms. The number of hydrogen-bond donors (Lipinski definition) is 1. The van der Waals surface area contributed by atoms with Crippen LogP contribution in [0.2, 0.25) is 0 Å². The van der Waals surface area contributed by atoms with Crippen LogP contribution in [-0.2, 0) is 4.79 Å². The molecule has 0 aliphatic carbocycles. The second-order valence-corrected chi connectivity index (χ2v) is 4.81. The SMILES string of the molecule is C=CCNC(=O)CN1CCN(c2ccccc2F)CC1. The third-order valence-corrected chi connectivity index (χ3v) is 3.38. The van der Waals surface area contributed by atoms with E-state index in [9.17, 15) is 9.18 Å². The number of para-hydroxylation sites is 1. The Kier molecular flexibility index (Phi) is 5.12. The van der Waals surface area contributed by atoms with E-state index in [2.05, 4.69) is 16.8 Å². The quantitative estimate of drug-likeness (QED) is 0.823. The zero-order valence-corrected chi connectivity index (χ0v) is 11.5. The van der Waals surface area contributed by atoms with Crippen LogP contribution in [0.4, 0.5) is 10.1 Å². The van der Waals surface area contributed by atoms with Crippen molar-refractivity contribution in [2.75, 3.05) is 44.2 Å². The van der Waals surface area contributed by atoms with Crippen LogP contribution in [0.15, 0.2) is 36.9 Å². The molecule has 1 aromatic rings. The number of benzene rings is 1. The Morgan fingerprint density at radius 3 is 2.65 bits per heavy atom. The monoisotopic (exact) mass is 277 g/mol. The summed E-state index contributed by atoms with van der Waals surface area (Å²) in [7, 11) is 0. The van der Waals surface area contributed by atoms with Crippen molar-refractivity contribution in [3.63, 3.8) is 0 Å². The standard InChI is InChI=1S/C15H20FN3O/c1-2-7-17-15(20)12-18-8-10-19(11-9-18)14-6-4-3-5-13(14)16/h2-6H,1,7-12H2,(H,17,20). The van der Waals surface area contributed by atoms with Gasteiger partial charge < -0.3 is 10.2 Å². The first-order valence-corrected chi connectivity index (χ1v) is 6.80. The molecule has 1 saturated heterocycles. The first kappa shape index (κ1) is 14.5. The van der Waals surface area contributed by atoms with Gasteiger partial charge in [-0.05, 0) is 12.1 Å². The van der Waals surface area contributed by atoms with E-state index in [0.29, 0.717) is 18.8 Å². The summed E-state index contributed by atoms with van der Waals surface area (Å²) in [4.78, 5) is 15.7. The molecule has 0 spiro atoms. The van der Waals surface area contributed by atoms with Gasteiger partial charge in [-0.1, -0.05) is 18.2 Å². The predicted molar refractivity (Wildman–Crippen MR) is 78.3 cm³/mol. The third-order valence-electron chi connectivity index (χ3n) is 3.38. The van der Waals surface area contributed by atoms with Crippen molar-refractivity contribution >= 4 is 11.6 Å². The number of carbonyl (C=O) groups is 1. The van der Waals surface area contributed by atoms with Gasteiger partial charge in [0, 0.05) is 32.7 Å². The molecule has 0 unspecified atom stereocenters. The fraction of sp³-hybridized carbons (Fsp3) is 0.400. The summed E-state index contributed by atoms with van der Waals surface area (Å²) < 4.78 is 13.7. The fourth-order valence-corrected chi connectivity index (χ4v) is 2.30. The van der Waals surface area contributed by atoms with Crippen LogP contribution in [0.25, 0.3) is 0 Å². The number of nitrogens with zero attached hydrogens (tertiary/aromatic N) is 2. The van der Waals surface area contributed by atoms with Gasteiger partial charge in [0.05, 0.1) is 12.2 Å². The van der Waals surface area contributed by atoms with Gasteiger partial charge in [0.25, 0.3) is 0 Å². The van der Waals surface area contributed by atoms with E-state index < -0.39 is 0 Å². The Hall–Kier alpha value is -1.88. The van der Waals surface area contributed by atoms with Crippen molar-refractivity contribution in [1.82, 2.24) is 10.2 Å². The zero-order valence-electron chi connectivity index (χ0n) is 11.5. The van der Waals surface area contributed by atoms with Gasteiger partial charge in [0.1, 0.15) is 5.82 Å². The van der Waals surface area contributed by atoms with Crippen molar-refractivity contribution in [3.05, 3.63) is 42.7 Å². The number of hydrogen-bond acceptors (Lipinski definition) is 3. The second kappa shape index (κ2) is 7.05. The molecule has 1 aliphatic heterocycles. The largest absolute Gasteiger partial charge is 0.367 e. The highest BCUT2D eigenvalue weighted by atomic mass is 19.1. The number of rotatable bonds is 5. The van der Waals surface area contributed by atoms with Crippen LogP contribution >= 0.6 is 0 Å². The third kappa shape index (κ3) is 3.81. The van der Waals surface area contributed by atoms with E-state index in [1.807, 2.05) is 11.0 Å². The summed E-state index contributed by atoms with van der Waals surface area (Å²) in [5.74, 6) is -0.186. The van der Waals surface area contributed by atoms with Gasteiger partial charge in [-0.25, -0.2) is 4.39 Å². The molecule has 1 aromatic carbocycles. The molecule has 1 fully saturated rings. The highest BCUT2D eigenvalue weighted by Crippen LogP contribution is 2.19. The summed E-state index contributed by atoms with van der Waals surface area (Å²) in [6.45, 7) is 7.43. The lowest BCUT2D eigenvalue weighted by Gasteiger charge is -2.35. The maximum Gasteiger partial charge on any atom is 0.234 e. The van der Waals surface area contributed by atoms with E-state index >= 15 is 0 Å². The Morgan fingerprint density at radius 1 is 1.30 bits per heavy atom. The van der Waals surface area contributed by atoms with Crippen LogP contribution in [0.3, 0.4) is 0 Å². The number of nitrogens with one attached hydrogen (secondary N) is 1. The Morgan fingerprint density at radius 2 is 2.00 bits per heavy atom. The second-order valence-electron chi connectivity index (χ2n) is 4.81. The Labute approximate surface area is 118 Å². The van der Waals surface area contributed by atoms with Crippen LogP contribution in [0, 0.1) is 5.82 Å². The van der Waals surface area contributed by atoms with Gasteiger partial charge in [-0.15, -0.1) is 6.58 Å². The van der Waals surface area contributed by atoms with E-state index in [4.69, 9.17) is 0 Å². The summed E-state index contributed by atoms with van der Waals surface area (Å²) >= 11 is 0. The van der Waals surface area contributed by atoms with Crippen molar-refractivity contribution in [2.24, 2.45) is 0 Å². The lowest BCUT2D eigenvalue weighted by Crippen LogP contribution is -2.49. The summed E-state index contributed by atoms with van der Waals surface area (Å²) in [6, 6.07) is 6.80. The highest BCUT2D eigenvalue weighted by molar-refractivity contribution is 5.78. The first-order valence-electron chi connectivity index (χ1n) is 6.80. The van der Waals surface area contributed by atoms with E-state index in [0.717, 1.165) is 26.2 Å². The van der Waals surface area contributed by atoms with Gasteiger partial charge in [-0.3, -0.25) is 9.69 Å². The minimum absolute atomic E-state index is 0.00393. The molecule has 0 aromatic heterocycles. The number of piperazine rings is 1. The molecule has 0 atom stereocenters. The number of anilines is 1. The van der Waals surface area contributed by atoms with Gasteiger partial charge in [0.15, 0.2) is 0 Å². The normalized spacial score (nSPS) is 15.9. The molecule has 1 heterocycles. The van der Waals surface area contributed by atoms with Crippen LogP contribution in [0.1, 0.15) is 0 Å². The average molecular weight is 277 g/mol. The molecular weight excluding hydrogens is 257 g/mol. The summed E-state index contributed by atoms with van der Waals surface area (Å²) in [6.07, 6.45) is 1.66. The van der Waals surface area contributed by atoms with Gasteiger partial charge in [-0.2, -0.15) is 0 Å². The lowest BCUT2D eigenvalue weighted by molar-refractivity contribution is -0.122. The van der Waals surface area contributed by atoms with E-state index in [1.165, 1.54) is 6.07 Å². The average Bonchev–Trinajstić information content (AvgIpc) is 2.47. The minimum Gasteiger partial charge on any atom is -0.367 e. The number of halogens is 1. The zero-order chi connectivity index (χ0) is 14.4. The Bertz CT molecular complexity index is 470. The summed E-state index contributed by atoms with van der Waals surface area (Å²) in [5, 5.41) is 2.76. The maximum absolute atomic E-state index is 13.7. The molecule has 1 aliphatic rings. The van der Waals surface area contributed by atoms with Crippen LogP contribution in [0.5, 0.6) is 0 Å². The fourth-order valence-electron chi connectivity index (χ4n) is 2.30.